The van der Waals surface area contributed by atoms with Crippen LogP contribution < -0.4 is 5.32 Å². The molecule has 0 saturated heterocycles. The van der Waals surface area contributed by atoms with Gasteiger partial charge in [0.1, 0.15) is 0 Å². The van der Waals surface area contributed by atoms with Gasteiger partial charge in [-0.05, 0) is 48.7 Å². The Kier molecular flexibility index (Phi) is 7.99. The van der Waals surface area contributed by atoms with Crippen molar-refractivity contribution in [3.8, 4) is 17.1 Å². The third-order valence-electron chi connectivity index (χ3n) is 4.85. The van der Waals surface area contributed by atoms with E-state index in [1.54, 1.807) is 24.5 Å². The molecule has 4 aromatic rings. The fraction of sp³-hybridized carbons (Fsp3) is 0.167. The standard InChI is InChI=1S/C24H21Cl2N5OS/c25-20-11-10-19(14-21(20)26)31-23(18-9-5-12-27-15-18)29-30-24(31)33-16-22(32)28-13-4-8-17-6-2-1-3-7-17/h1-3,5-7,9-12,14-15H,4,8,13,16H2,(H,28,32). The summed E-state index contributed by atoms with van der Waals surface area (Å²) in [5, 5.41) is 13.1. The lowest BCUT2D eigenvalue weighted by molar-refractivity contribution is -0.118. The maximum atomic E-state index is 12.4. The van der Waals surface area contributed by atoms with Gasteiger partial charge in [0.25, 0.3) is 0 Å². The molecule has 0 unspecified atom stereocenters. The minimum atomic E-state index is -0.0559. The van der Waals surface area contributed by atoms with Gasteiger partial charge in [0.15, 0.2) is 11.0 Å². The quantitative estimate of drug-likeness (QED) is 0.245. The van der Waals surface area contributed by atoms with Crippen LogP contribution in [0.3, 0.4) is 0 Å². The van der Waals surface area contributed by atoms with Gasteiger partial charge >= 0.3 is 0 Å². The second-order valence-electron chi connectivity index (χ2n) is 7.21. The summed E-state index contributed by atoms with van der Waals surface area (Å²) in [6.07, 6.45) is 5.21. The van der Waals surface area contributed by atoms with E-state index in [1.165, 1.54) is 17.3 Å². The van der Waals surface area contributed by atoms with E-state index in [2.05, 4.69) is 32.6 Å². The highest BCUT2D eigenvalue weighted by Gasteiger charge is 2.18. The molecular formula is C24H21Cl2N5OS. The molecule has 0 fully saturated rings. The number of benzene rings is 2. The number of rotatable bonds is 9. The van der Waals surface area contributed by atoms with Crippen LogP contribution in [0.15, 0.2) is 78.2 Å². The number of hydrogen-bond acceptors (Lipinski definition) is 5. The summed E-state index contributed by atoms with van der Waals surface area (Å²) < 4.78 is 1.85. The fourth-order valence-corrected chi connectivity index (χ4v) is 4.32. The molecule has 0 spiro atoms. The summed E-state index contributed by atoms with van der Waals surface area (Å²) in [6, 6.07) is 19.3. The lowest BCUT2D eigenvalue weighted by Gasteiger charge is -2.11. The van der Waals surface area contributed by atoms with Crippen molar-refractivity contribution in [2.75, 3.05) is 12.3 Å². The van der Waals surface area contributed by atoms with Crippen LogP contribution in [0, 0.1) is 0 Å². The number of carbonyl (C=O) groups excluding carboxylic acids is 1. The van der Waals surface area contributed by atoms with Crippen LogP contribution in [0.5, 0.6) is 0 Å². The highest BCUT2D eigenvalue weighted by molar-refractivity contribution is 7.99. The van der Waals surface area contributed by atoms with Crippen LogP contribution in [-0.4, -0.2) is 38.0 Å². The van der Waals surface area contributed by atoms with Crippen LogP contribution in [0.4, 0.5) is 0 Å². The molecule has 2 aromatic carbocycles. The number of aryl methyl sites for hydroxylation is 1. The molecule has 2 aromatic heterocycles. The zero-order valence-corrected chi connectivity index (χ0v) is 19.9. The Labute approximate surface area is 206 Å². The Morgan fingerprint density at radius 1 is 1.00 bits per heavy atom. The van der Waals surface area contributed by atoms with E-state index < -0.39 is 0 Å². The van der Waals surface area contributed by atoms with Gasteiger partial charge in [0, 0.05) is 24.5 Å². The summed E-state index contributed by atoms with van der Waals surface area (Å²) >= 11 is 13.7. The van der Waals surface area contributed by atoms with E-state index >= 15 is 0 Å². The SMILES string of the molecule is O=C(CSc1nnc(-c2cccnc2)n1-c1ccc(Cl)c(Cl)c1)NCCCc1ccccc1. The number of aromatic nitrogens is 4. The van der Waals surface area contributed by atoms with Gasteiger partial charge in [-0.2, -0.15) is 0 Å². The summed E-state index contributed by atoms with van der Waals surface area (Å²) in [4.78, 5) is 16.6. The molecule has 4 rings (SSSR count). The number of carbonyl (C=O) groups is 1. The lowest BCUT2D eigenvalue weighted by Crippen LogP contribution is -2.26. The maximum Gasteiger partial charge on any atom is 0.230 e. The molecule has 0 bridgehead atoms. The second-order valence-corrected chi connectivity index (χ2v) is 8.97. The number of nitrogens with one attached hydrogen (secondary N) is 1. The Bertz CT molecular complexity index is 1220. The molecule has 0 aliphatic heterocycles. The van der Waals surface area contributed by atoms with Crippen LogP contribution in [0.25, 0.3) is 17.1 Å². The van der Waals surface area contributed by atoms with Gasteiger partial charge < -0.3 is 5.32 Å². The average molecular weight is 498 g/mol. The van der Waals surface area contributed by atoms with Crippen molar-refractivity contribution in [1.82, 2.24) is 25.1 Å². The maximum absolute atomic E-state index is 12.4. The Morgan fingerprint density at radius 2 is 1.85 bits per heavy atom. The van der Waals surface area contributed by atoms with Crippen molar-refractivity contribution in [2.45, 2.75) is 18.0 Å². The van der Waals surface area contributed by atoms with Crippen molar-refractivity contribution < 1.29 is 4.79 Å². The number of halogens is 2. The molecule has 0 aliphatic rings. The normalized spacial score (nSPS) is 10.8. The van der Waals surface area contributed by atoms with Crippen LogP contribution in [-0.2, 0) is 11.2 Å². The van der Waals surface area contributed by atoms with E-state index in [9.17, 15) is 4.79 Å². The van der Waals surface area contributed by atoms with E-state index in [-0.39, 0.29) is 11.7 Å². The topological polar surface area (TPSA) is 72.7 Å². The number of amides is 1. The lowest BCUT2D eigenvalue weighted by atomic mass is 10.1. The van der Waals surface area contributed by atoms with Gasteiger partial charge in [-0.1, -0.05) is 65.3 Å². The van der Waals surface area contributed by atoms with Gasteiger partial charge in [-0.25, -0.2) is 0 Å². The minimum absolute atomic E-state index is 0.0559. The van der Waals surface area contributed by atoms with E-state index in [0.717, 1.165) is 24.1 Å². The van der Waals surface area contributed by atoms with Crippen LogP contribution in [0.2, 0.25) is 10.0 Å². The van der Waals surface area contributed by atoms with E-state index in [0.29, 0.717) is 27.6 Å². The van der Waals surface area contributed by atoms with Gasteiger partial charge in [-0.3, -0.25) is 14.3 Å². The zero-order valence-electron chi connectivity index (χ0n) is 17.6. The van der Waals surface area contributed by atoms with Gasteiger partial charge in [0.05, 0.1) is 21.5 Å². The van der Waals surface area contributed by atoms with Crippen molar-refractivity contribution >= 4 is 40.9 Å². The number of thioether (sulfide) groups is 1. The largest absolute Gasteiger partial charge is 0.355 e. The third kappa shape index (κ3) is 6.13. The molecule has 0 aliphatic carbocycles. The number of hydrogen-bond donors (Lipinski definition) is 1. The summed E-state index contributed by atoms with van der Waals surface area (Å²) in [7, 11) is 0. The first kappa shape index (κ1) is 23.3. The molecule has 9 heteroatoms. The highest BCUT2D eigenvalue weighted by atomic mass is 35.5. The molecule has 2 heterocycles. The smallest absolute Gasteiger partial charge is 0.230 e. The first-order valence-corrected chi connectivity index (χ1v) is 12.1. The first-order chi connectivity index (χ1) is 16.1. The Balaban J connectivity index is 1.44. The van der Waals surface area contributed by atoms with Gasteiger partial charge in [0.2, 0.25) is 5.91 Å². The van der Waals surface area contributed by atoms with Crippen molar-refractivity contribution in [3.63, 3.8) is 0 Å². The van der Waals surface area contributed by atoms with E-state index in [1.807, 2.05) is 41.0 Å². The Hall–Kier alpha value is -2.87. The number of pyridine rings is 1. The third-order valence-corrected chi connectivity index (χ3v) is 6.52. The highest BCUT2D eigenvalue weighted by Crippen LogP contribution is 2.31. The van der Waals surface area contributed by atoms with E-state index in [4.69, 9.17) is 23.2 Å². The van der Waals surface area contributed by atoms with Gasteiger partial charge in [-0.15, -0.1) is 10.2 Å². The molecule has 0 radical (unpaired) electrons. The predicted octanol–water partition coefficient (Wildman–Crippen LogP) is 5.48. The average Bonchev–Trinajstić information content (AvgIpc) is 3.27. The summed E-state index contributed by atoms with van der Waals surface area (Å²) in [5.74, 6) is 0.768. The zero-order chi connectivity index (χ0) is 23.0. The fourth-order valence-electron chi connectivity index (χ4n) is 3.25. The molecular weight excluding hydrogens is 477 g/mol. The van der Waals surface area contributed by atoms with Crippen LogP contribution in [0.1, 0.15) is 12.0 Å². The molecule has 6 nitrogen and oxygen atoms in total. The predicted molar refractivity (Wildman–Crippen MR) is 133 cm³/mol. The monoisotopic (exact) mass is 497 g/mol. The summed E-state index contributed by atoms with van der Waals surface area (Å²) in [6.45, 7) is 0.620. The molecule has 0 atom stereocenters. The first-order valence-electron chi connectivity index (χ1n) is 10.4. The molecule has 1 N–H and O–H groups in total. The summed E-state index contributed by atoms with van der Waals surface area (Å²) in [5.41, 5.74) is 2.81. The molecule has 0 saturated carbocycles. The molecule has 168 valence electrons. The van der Waals surface area contributed by atoms with Crippen LogP contribution >= 0.6 is 35.0 Å². The minimum Gasteiger partial charge on any atom is -0.355 e. The molecule has 1 amide bonds. The Morgan fingerprint density at radius 3 is 2.61 bits per heavy atom. The molecule has 33 heavy (non-hydrogen) atoms. The van der Waals surface area contributed by atoms with Crippen molar-refractivity contribution in [2.24, 2.45) is 0 Å². The van der Waals surface area contributed by atoms with Crippen molar-refractivity contribution in [3.05, 3.63) is 88.7 Å². The number of nitrogens with zero attached hydrogens (tertiary/aromatic N) is 4. The second kappa shape index (κ2) is 11.3. The van der Waals surface area contributed by atoms with Crippen molar-refractivity contribution in [1.29, 1.82) is 0 Å².